The summed E-state index contributed by atoms with van der Waals surface area (Å²) in [5, 5.41) is 3.58. The largest absolute Gasteiger partial charge is 0.334 e. The van der Waals surface area contributed by atoms with Gasteiger partial charge >= 0.3 is 0 Å². The molecule has 1 amide bonds. The Kier molecular flexibility index (Phi) is 4.20. The number of hydrogen-bond donors (Lipinski definition) is 1. The van der Waals surface area contributed by atoms with Crippen molar-refractivity contribution in [1.82, 2.24) is 9.55 Å². The SMILES string of the molecule is C=CC(=O)Nc1cnc2c(c1)c(C#Cc1ccc(Cl)s1)cn2C. The number of nitrogens with zero attached hydrogens (tertiary/aromatic N) is 2. The highest BCUT2D eigenvalue weighted by Crippen LogP contribution is 2.23. The van der Waals surface area contributed by atoms with Crippen LogP contribution < -0.4 is 5.32 Å². The minimum Gasteiger partial charge on any atom is -0.334 e. The topological polar surface area (TPSA) is 46.9 Å². The van der Waals surface area contributed by atoms with E-state index in [9.17, 15) is 4.79 Å². The first-order chi connectivity index (χ1) is 11.1. The van der Waals surface area contributed by atoms with Crippen LogP contribution >= 0.6 is 22.9 Å². The number of rotatable bonds is 2. The standard InChI is InChI=1S/C17H12ClN3OS/c1-3-16(22)20-12-8-14-11(10-21(2)17(14)19-9-12)4-5-13-6-7-15(18)23-13/h3,6-10H,1H2,2H3,(H,20,22). The van der Waals surface area contributed by atoms with Gasteiger partial charge in [0.15, 0.2) is 0 Å². The molecule has 0 bridgehead atoms. The molecule has 23 heavy (non-hydrogen) atoms. The summed E-state index contributed by atoms with van der Waals surface area (Å²) >= 11 is 7.35. The van der Waals surface area contributed by atoms with Crippen LogP contribution in [0.3, 0.4) is 0 Å². The average molecular weight is 342 g/mol. The van der Waals surface area contributed by atoms with Gasteiger partial charge in [-0.1, -0.05) is 30.0 Å². The lowest BCUT2D eigenvalue weighted by Crippen LogP contribution is -2.07. The molecule has 1 N–H and O–H groups in total. The minimum atomic E-state index is -0.275. The summed E-state index contributed by atoms with van der Waals surface area (Å²) in [6, 6.07) is 5.57. The van der Waals surface area contributed by atoms with Crippen LogP contribution in [0.4, 0.5) is 5.69 Å². The number of thiophene rings is 1. The van der Waals surface area contributed by atoms with Gasteiger partial charge in [-0.05, 0) is 24.3 Å². The molecule has 114 valence electrons. The Labute approximate surface area is 142 Å². The smallest absolute Gasteiger partial charge is 0.247 e. The van der Waals surface area contributed by atoms with Gasteiger partial charge in [-0.3, -0.25) is 4.79 Å². The summed E-state index contributed by atoms with van der Waals surface area (Å²) in [6.45, 7) is 3.44. The van der Waals surface area contributed by atoms with E-state index in [-0.39, 0.29) is 5.91 Å². The van der Waals surface area contributed by atoms with Crippen LogP contribution in [0.2, 0.25) is 4.34 Å². The molecule has 0 aliphatic rings. The van der Waals surface area contributed by atoms with Crippen LogP contribution in [0.15, 0.2) is 43.2 Å². The molecule has 0 atom stereocenters. The lowest BCUT2D eigenvalue weighted by Gasteiger charge is -2.02. The number of aromatic nitrogens is 2. The molecule has 0 saturated carbocycles. The highest BCUT2D eigenvalue weighted by Gasteiger charge is 2.08. The maximum atomic E-state index is 11.4. The second kappa shape index (κ2) is 6.29. The van der Waals surface area contributed by atoms with E-state index in [1.54, 1.807) is 6.20 Å². The Morgan fingerprint density at radius 2 is 2.30 bits per heavy atom. The number of carbonyl (C=O) groups excluding carboxylic acids is 1. The molecular weight excluding hydrogens is 330 g/mol. The number of nitrogens with one attached hydrogen (secondary N) is 1. The van der Waals surface area contributed by atoms with Gasteiger partial charge in [0.1, 0.15) is 5.65 Å². The predicted molar refractivity (Wildman–Crippen MR) is 94.8 cm³/mol. The normalized spacial score (nSPS) is 10.2. The number of carbonyl (C=O) groups is 1. The molecule has 0 unspecified atom stereocenters. The van der Waals surface area contributed by atoms with Gasteiger partial charge in [-0.2, -0.15) is 0 Å². The van der Waals surface area contributed by atoms with E-state index in [0.717, 1.165) is 21.5 Å². The van der Waals surface area contributed by atoms with Crippen molar-refractivity contribution >= 4 is 45.6 Å². The Balaban J connectivity index is 2.03. The zero-order chi connectivity index (χ0) is 16.4. The summed E-state index contributed by atoms with van der Waals surface area (Å²) in [5.41, 5.74) is 2.25. The molecule has 0 aliphatic carbocycles. The second-order valence-corrected chi connectivity index (χ2v) is 6.51. The van der Waals surface area contributed by atoms with Crippen molar-refractivity contribution in [2.45, 2.75) is 0 Å². The average Bonchev–Trinajstić information content (AvgIpc) is 3.09. The number of aryl methyl sites for hydroxylation is 1. The fourth-order valence-corrected chi connectivity index (χ4v) is 3.03. The van der Waals surface area contributed by atoms with Crippen molar-refractivity contribution < 1.29 is 4.79 Å². The summed E-state index contributed by atoms with van der Waals surface area (Å²) < 4.78 is 2.61. The van der Waals surface area contributed by atoms with Crippen LogP contribution in [0.5, 0.6) is 0 Å². The van der Waals surface area contributed by atoms with Crippen LogP contribution in [-0.4, -0.2) is 15.5 Å². The van der Waals surface area contributed by atoms with E-state index < -0.39 is 0 Å². The van der Waals surface area contributed by atoms with Crippen molar-refractivity contribution in [1.29, 1.82) is 0 Å². The third kappa shape index (κ3) is 3.29. The van der Waals surface area contributed by atoms with Crippen LogP contribution in [-0.2, 0) is 11.8 Å². The number of halogens is 1. The van der Waals surface area contributed by atoms with E-state index in [2.05, 4.69) is 28.7 Å². The Hall–Kier alpha value is -2.55. The van der Waals surface area contributed by atoms with Crippen molar-refractivity contribution in [3.63, 3.8) is 0 Å². The van der Waals surface area contributed by atoms with Crippen LogP contribution in [0.25, 0.3) is 11.0 Å². The third-order valence-corrected chi connectivity index (χ3v) is 4.31. The summed E-state index contributed by atoms with van der Waals surface area (Å²) in [5.74, 6) is 5.96. The zero-order valence-corrected chi connectivity index (χ0v) is 13.8. The summed E-state index contributed by atoms with van der Waals surface area (Å²) in [6.07, 6.45) is 4.75. The number of amides is 1. The summed E-state index contributed by atoms with van der Waals surface area (Å²) in [4.78, 5) is 16.7. The summed E-state index contributed by atoms with van der Waals surface area (Å²) in [7, 11) is 1.91. The highest BCUT2D eigenvalue weighted by atomic mass is 35.5. The monoisotopic (exact) mass is 341 g/mol. The van der Waals surface area contributed by atoms with E-state index in [4.69, 9.17) is 11.6 Å². The van der Waals surface area contributed by atoms with E-state index in [1.165, 1.54) is 17.4 Å². The first-order valence-electron chi connectivity index (χ1n) is 6.72. The van der Waals surface area contributed by atoms with Crippen LogP contribution in [0.1, 0.15) is 10.4 Å². The molecule has 4 nitrogen and oxygen atoms in total. The van der Waals surface area contributed by atoms with E-state index in [1.807, 2.05) is 36.0 Å². The molecule has 0 aromatic carbocycles. The van der Waals surface area contributed by atoms with Gasteiger partial charge < -0.3 is 9.88 Å². The quantitative estimate of drug-likeness (QED) is 0.569. The molecule has 0 aliphatic heterocycles. The van der Waals surface area contributed by atoms with E-state index >= 15 is 0 Å². The van der Waals surface area contributed by atoms with Gasteiger partial charge in [0.25, 0.3) is 0 Å². The maximum Gasteiger partial charge on any atom is 0.247 e. The number of anilines is 1. The molecule has 0 fully saturated rings. The molecule has 0 spiro atoms. The van der Waals surface area contributed by atoms with Crippen molar-refractivity contribution in [3.05, 3.63) is 58.0 Å². The molecular formula is C17H12ClN3OS. The van der Waals surface area contributed by atoms with Crippen molar-refractivity contribution in [2.75, 3.05) is 5.32 Å². The molecule has 3 aromatic rings. The first-order valence-corrected chi connectivity index (χ1v) is 7.92. The lowest BCUT2D eigenvalue weighted by atomic mass is 10.2. The van der Waals surface area contributed by atoms with Gasteiger partial charge in [0.2, 0.25) is 5.91 Å². The highest BCUT2D eigenvalue weighted by molar-refractivity contribution is 7.16. The molecule has 0 saturated heterocycles. The Morgan fingerprint density at radius 1 is 1.48 bits per heavy atom. The number of hydrogen-bond acceptors (Lipinski definition) is 3. The fraction of sp³-hybridized carbons (Fsp3) is 0.0588. The maximum absolute atomic E-state index is 11.4. The minimum absolute atomic E-state index is 0.275. The molecule has 3 aromatic heterocycles. The molecule has 3 rings (SSSR count). The van der Waals surface area contributed by atoms with Crippen molar-refractivity contribution in [2.24, 2.45) is 7.05 Å². The van der Waals surface area contributed by atoms with Crippen molar-refractivity contribution in [3.8, 4) is 11.8 Å². The number of fused-ring (bicyclic) bond motifs is 1. The zero-order valence-electron chi connectivity index (χ0n) is 12.3. The third-order valence-electron chi connectivity index (χ3n) is 3.16. The van der Waals surface area contributed by atoms with Gasteiger partial charge in [0, 0.05) is 18.6 Å². The molecule has 3 heterocycles. The van der Waals surface area contributed by atoms with Gasteiger partial charge in [0.05, 0.1) is 26.7 Å². The van der Waals surface area contributed by atoms with Crippen LogP contribution in [0, 0.1) is 11.8 Å². The fourth-order valence-electron chi connectivity index (χ4n) is 2.13. The van der Waals surface area contributed by atoms with Gasteiger partial charge in [-0.15, -0.1) is 11.3 Å². The number of pyridine rings is 1. The molecule has 6 heteroatoms. The van der Waals surface area contributed by atoms with E-state index in [0.29, 0.717) is 10.0 Å². The second-order valence-electron chi connectivity index (χ2n) is 4.80. The lowest BCUT2D eigenvalue weighted by molar-refractivity contribution is -0.111. The molecule has 0 radical (unpaired) electrons. The predicted octanol–water partition coefficient (Wildman–Crippen LogP) is 3.81. The first kappa shape index (κ1) is 15.3. The Bertz CT molecular complexity index is 975. The Morgan fingerprint density at radius 3 is 3.00 bits per heavy atom. The van der Waals surface area contributed by atoms with Gasteiger partial charge in [-0.25, -0.2) is 4.98 Å².